The predicted molar refractivity (Wildman–Crippen MR) is 100 cm³/mol. The van der Waals surface area contributed by atoms with E-state index in [1.165, 1.54) is 0 Å². The summed E-state index contributed by atoms with van der Waals surface area (Å²) >= 11 is 0. The number of benzene rings is 1. The van der Waals surface area contributed by atoms with Gasteiger partial charge in [-0.1, -0.05) is 26.0 Å². The molecule has 0 saturated carbocycles. The molecule has 2 atom stereocenters. The number of nitrogens with one attached hydrogen (secondary N) is 2. The number of hydrogen-bond donors (Lipinski definition) is 2. The van der Waals surface area contributed by atoms with Crippen LogP contribution in [0, 0.1) is 17.2 Å². The molecule has 1 aromatic rings. The normalized spacial score (nSPS) is 13.5. The van der Waals surface area contributed by atoms with Gasteiger partial charge in [-0.3, -0.25) is 4.79 Å². The van der Waals surface area contributed by atoms with Crippen LogP contribution in [0.3, 0.4) is 0 Å². The largest absolute Gasteiger partial charge is 0.444 e. The topological polar surface area (TPSA) is 91.2 Å². The second-order valence-corrected chi connectivity index (χ2v) is 7.79. The molecule has 0 heterocycles. The van der Waals surface area contributed by atoms with Gasteiger partial charge in [0.05, 0.1) is 17.7 Å². The molecule has 0 aromatic heterocycles. The quantitative estimate of drug-likeness (QED) is 0.810. The Morgan fingerprint density at radius 2 is 1.69 bits per heavy atom. The van der Waals surface area contributed by atoms with Crippen molar-refractivity contribution < 1.29 is 14.3 Å². The molecule has 0 radical (unpaired) electrons. The Balaban J connectivity index is 2.78. The molecular formula is C20H29N3O3. The van der Waals surface area contributed by atoms with Crippen LogP contribution >= 0.6 is 0 Å². The third kappa shape index (κ3) is 7.56. The smallest absolute Gasteiger partial charge is 0.408 e. The fourth-order valence-electron chi connectivity index (χ4n) is 2.40. The maximum absolute atomic E-state index is 12.7. The molecule has 0 bridgehead atoms. The zero-order valence-electron chi connectivity index (χ0n) is 16.4. The van der Waals surface area contributed by atoms with Gasteiger partial charge in [-0.05, 0) is 57.7 Å². The standard InChI is InChI=1S/C20H29N3O3/c1-13(2)11-17(23-19(25)26-20(4,5)6)18(24)22-14(3)16-9-7-15(12-21)8-10-16/h7-10,13-14,17H,11H2,1-6H3,(H,22,24)(H,23,25). The molecule has 0 aliphatic carbocycles. The molecule has 0 fully saturated rings. The van der Waals surface area contributed by atoms with Gasteiger partial charge >= 0.3 is 6.09 Å². The van der Waals surface area contributed by atoms with Crippen LogP contribution in [0.2, 0.25) is 0 Å². The number of carbonyl (C=O) groups excluding carboxylic acids is 2. The summed E-state index contributed by atoms with van der Waals surface area (Å²) in [6.07, 6.45) is -0.102. The maximum Gasteiger partial charge on any atom is 0.408 e. The molecule has 2 unspecified atom stereocenters. The van der Waals surface area contributed by atoms with Gasteiger partial charge in [-0.25, -0.2) is 4.79 Å². The van der Waals surface area contributed by atoms with Crippen molar-refractivity contribution in [3.63, 3.8) is 0 Å². The van der Waals surface area contributed by atoms with Crippen LogP contribution in [0.5, 0.6) is 0 Å². The van der Waals surface area contributed by atoms with Crippen molar-refractivity contribution in [2.24, 2.45) is 5.92 Å². The Morgan fingerprint density at radius 3 is 2.15 bits per heavy atom. The van der Waals surface area contributed by atoms with Crippen LogP contribution in [0.1, 0.15) is 65.1 Å². The number of nitriles is 1. The van der Waals surface area contributed by atoms with E-state index in [9.17, 15) is 9.59 Å². The van der Waals surface area contributed by atoms with E-state index < -0.39 is 17.7 Å². The highest BCUT2D eigenvalue weighted by Gasteiger charge is 2.26. The fourth-order valence-corrected chi connectivity index (χ4v) is 2.40. The average Bonchev–Trinajstić information content (AvgIpc) is 2.52. The van der Waals surface area contributed by atoms with Crippen molar-refractivity contribution in [3.8, 4) is 6.07 Å². The molecule has 6 nitrogen and oxygen atoms in total. The summed E-state index contributed by atoms with van der Waals surface area (Å²) in [4.78, 5) is 24.7. The summed E-state index contributed by atoms with van der Waals surface area (Å²) < 4.78 is 5.25. The minimum absolute atomic E-state index is 0.228. The van der Waals surface area contributed by atoms with Crippen molar-refractivity contribution in [1.29, 1.82) is 5.26 Å². The molecule has 0 spiro atoms. The average molecular weight is 359 g/mol. The lowest BCUT2D eigenvalue weighted by Gasteiger charge is -2.25. The zero-order chi connectivity index (χ0) is 19.9. The first-order valence-corrected chi connectivity index (χ1v) is 8.81. The lowest BCUT2D eigenvalue weighted by atomic mass is 10.0. The Bertz CT molecular complexity index is 654. The molecule has 142 valence electrons. The van der Waals surface area contributed by atoms with Gasteiger partial charge in [0.25, 0.3) is 0 Å². The lowest BCUT2D eigenvalue weighted by Crippen LogP contribution is -2.49. The van der Waals surface area contributed by atoms with Crippen LogP contribution in [0.15, 0.2) is 24.3 Å². The molecular weight excluding hydrogens is 330 g/mol. The summed E-state index contributed by atoms with van der Waals surface area (Å²) in [5, 5.41) is 14.4. The minimum Gasteiger partial charge on any atom is -0.444 e. The molecule has 0 aliphatic rings. The van der Waals surface area contributed by atoms with Crippen molar-refractivity contribution >= 4 is 12.0 Å². The number of ether oxygens (including phenoxy) is 1. The van der Waals surface area contributed by atoms with Gasteiger partial charge in [0, 0.05) is 0 Å². The first kappa shape index (κ1) is 21.5. The fraction of sp³-hybridized carbons (Fsp3) is 0.550. The van der Waals surface area contributed by atoms with Gasteiger partial charge in [0.2, 0.25) is 5.91 Å². The van der Waals surface area contributed by atoms with E-state index in [1.807, 2.05) is 32.9 Å². The van der Waals surface area contributed by atoms with Crippen LogP contribution in [0.25, 0.3) is 0 Å². The number of amides is 2. The van der Waals surface area contributed by atoms with Crippen LogP contribution in [0.4, 0.5) is 4.79 Å². The van der Waals surface area contributed by atoms with Gasteiger partial charge < -0.3 is 15.4 Å². The van der Waals surface area contributed by atoms with Crippen molar-refractivity contribution in [3.05, 3.63) is 35.4 Å². The lowest BCUT2D eigenvalue weighted by molar-refractivity contribution is -0.124. The van der Waals surface area contributed by atoms with E-state index in [0.717, 1.165) is 5.56 Å². The second kappa shape index (κ2) is 9.23. The van der Waals surface area contributed by atoms with E-state index in [2.05, 4.69) is 16.7 Å². The Hall–Kier alpha value is -2.55. The summed E-state index contributed by atoms with van der Waals surface area (Å²) in [5.74, 6) is -0.0349. The summed E-state index contributed by atoms with van der Waals surface area (Å²) in [6.45, 7) is 11.2. The predicted octanol–water partition coefficient (Wildman–Crippen LogP) is 3.67. The highest BCUT2D eigenvalue weighted by Crippen LogP contribution is 2.15. The monoisotopic (exact) mass is 359 g/mol. The molecule has 2 amide bonds. The maximum atomic E-state index is 12.7. The van der Waals surface area contributed by atoms with Crippen LogP contribution in [-0.4, -0.2) is 23.6 Å². The minimum atomic E-state index is -0.675. The number of alkyl carbamates (subject to hydrolysis) is 1. The third-order valence-corrected chi connectivity index (χ3v) is 3.61. The van der Waals surface area contributed by atoms with Gasteiger partial charge in [0.15, 0.2) is 0 Å². The number of rotatable bonds is 6. The molecule has 26 heavy (non-hydrogen) atoms. The molecule has 0 aliphatic heterocycles. The van der Waals surface area contributed by atoms with Crippen molar-refractivity contribution in [1.82, 2.24) is 10.6 Å². The van der Waals surface area contributed by atoms with Crippen molar-refractivity contribution in [2.45, 2.75) is 65.6 Å². The summed E-state index contributed by atoms with van der Waals surface area (Å²) in [7, 11) is 0. The Morgan fingerprint density at radius 1 is 1.12 bits per heavy atom. The molecule has 0 saturated heterocycles. The zero-order valence-corrected chi connectivity index (χ0v) is 16.4. The first-order valence-electron chi connectivity index (χ1n) is 8.81. The number of nitrogens with zero attached hydrogens (tertiary/aromatic N) is 1. The molecule has 1 aromatic carbocycles. The van der Waals surface area contributed by atoms with E-state index in [-0.39, 0.29) is 17.9 Å². The van der Waals surface area contributed by atoms with Crippen molar-refractivity contribution in [2.75, 3.05) is 0 Å². The van der Waals surface area contributed by atoms with Gasteiger partial charge in [-0.2, -0.15) is 5.26 Å². The van der Waals surface area contributed by atoms with Gasteiger partial charge in [-0.15, -0.1) is 0 Å². The Kier molecular flexibility index (Phi) is 7.63. The number of hydrogen-bond acceptors (Lipinski definition) is 4. The van der Waals surface area contributed by atoms with Gasteiger partial charge in [0.1, 0.15) is 11.6 Å². The van der Waals surface area contributed by atoms with Crippen LogP contribution in [-0.2, 0) is 9.53 Å². The van der Waals surface area contributed by atoms with E-state index in [4.69, 9.17) is 10.00 Å². The molecule has 6 heteroatoms. The number of carbonyl (C=O) groups is 2. The Labute approximate surface area is 155 Å². The van der Waals surface area contributed by atoms with E-state index in [1.54, 1.807) is 32.9 Å². The van der Waals surface area contributed by atoms with E-state index >= 15 is 0 Å². The summed E-state index contributed by atoms with van der Waals surface area (Å²) in [6, 6.07) is 8.18. The first-order chi connectivity index (χ1) is 12.0. The third-order valence-electron chi connectivity index (χ3n) is 3.61. The van der Waals surface area contributed by atoms with Crippen LogP contribution < -0.4 is 10.6 Å². The highest BCUT2D eigenvalue weighted by atomic mass is 16.6. The summed E-state index contributed by atoms with van der Waals surface area (Å²) in [5.41, 5.74) is 0.827. The molecule has 2 N–H and O–H groups in total. The molecule has 1 rings (SSSR count). The van der Waals surface area contributed by atoms with E-state index in [0.29, 0.717) is 12.0 Å². The SMILES string of the molecule is CC(C)CC(NC(=O)OC(C)(C)C)C(=O)NC(C)c1ccc(C#N)cc1. The second-order valence-electron chi connectivity index (χ2n) is 7.79. The highest BCUT2D eigenvalue weighted by molar-refractivity contribution is 5.86.